The molecule has 4 rings (SSSR count). The highest BCUT2D eigenvalue weighted by Crippen LogP contribution is 2.33. The van der Waals surface area contributed by atoms with E-state index in [2.05, 4.69) is 27.2 Å². The van der Waals surface area contributed by atoms with E-state index < -0.39 is 28.8 Å². The second kappa shape index (κ2) is 9.65. The molecule has 0 bridgehead atoms. The number of aryl methyl sites for hydroxylation is 1. The summed E-state index contributed by atoms with van der Waals surface area (Å²) in [6.07, 6.45) is -3.03. The summed E-state index contributed by atoms with van der Waals surface area (Å²) in [6, 6.07) is 17.8. The molecule has 4 aromatic rings. The topological polar surface area (TPSA) is 76.9 Å². The number of nitrogens with one attached hydrogen (secondary N) is 1. The van der Waals surface area contributed by atoms with Crippen LogP contribution in [-0.2, 0) is 6.18 Å². The lowest BCUT2D eigenvalue weighted by Gasteiger charge is -2.16. The van der Waals surface area contributed by atoms with Crippen LogP contribution >= 0.6 is 0 Å². The molecular formula is C26H17F3N4O2. The minimum Gasteiger partial charge on any atom is -0.320 e. The maximum absolute atomic E-state index is 13.5. The van der Waals surface area contributed by atoms with Crippen molar-refractivity contribution in [2.45, 2.75) is 13.1 Å². The second-order valence-corrected chi connectivity index (χ2v) is 7.43. The molecule has 6 nitrogen and oxygen atoms in total. The molecule has 1 amide bonds. The third-order valence-corrected chi connectivity index (χ3v) is 4.88. The van der Waals surface area contributed by atoms with Crippen molar-refractivity contribution in [2.24, 2.45) is 0 Å². The first-order valence-corrected chi connectivity index (χ1v) is 10.3. The number of aromatic nitrogens is 3. The Morgan fingerprint density at radius 3 is 2.49 bits per heavy atom. The van der Waals surface area contributed by atoms with E-state index in [1.54, 1.807) is 42.6 Å². The number of nitrogens with zero attached hydrogens (tertiary/aromatic N) is 3. The van der Waals surface area contributed by atoms with Crippen LogP contribution in [-0.4, -0.2) is 20.7 Å². The van der Waals surface area contributed by atoms with Gasteiger partial charge in [-0.3, -0.25) is 9.59 Å². The van der Waals surface area contributed by atoms with Gasteiger partial charge in [-0.25, -0.2) is 9.67 Å². The highest BCUT2D eigenvalue weighted by atomic mass is 19.4. The van der Waals surface area contributed by atoms with Gasteiger partial charge in [0.05, 0.1) is 11.3 Å². The molecule has 0 unspecified atom stereocenters. The standard InChI is InChI=1S/C26H17F3N4O2/c1-17-15-23(34)24(32-33(17)22-11-3-2-10-21(22)26(27,28)29)25(35)31-20-9-6-7-18(16-20)12-13-19-8-4-5-14-30-19/h2-11,14-16H,1H3,(H,31,35). The predicted octanol–water partition coefficient (Wildman–Crippen LogP) is 4.61. The van der Waals surface area contributed by atoms with Crippen LogP contribution in [0, 0.1) is 18.8 Å². The molecule has 9 heteroatoms. The zero-order chi connectivity index (χ0) is 25.0. The van der Waals surface area contributed by atoms with Gasteiger partial charge in [0, 0.05) is 29.2 Å². The second-order valence-electron chi connectivity index (χ2n) is 7.43. The first-order chi connectivity index (χ1) is 16.7. The fraction of sp³-hybridized carbons (Fsp3) is 0.0769. The minimum absolute atomic E-state index is 0.148. The quantitative estimate of drug-likeness (QED) is 0.440. The van der Waals surface area contributed by atoms with Crippen LogP contribution in [0.25, 0.3) is 5.69 Å². The van der Waals surface area contributed by atoms with Gasteiger partial charge < -0.3 is 5.32 Å². The van der Waals surface area contributed by atoms with Crippen molar-refractivity contribution in [1.82, 2.24) is 14.8 Å². The number of hydrogen-bond donors (Lipinski definition) is 1. The van der Waals surface area contributed by atoms with Crippen molar-refractivity contribution in [2.75, 3.05) is 5.32 Å². The lowest BCUT2D eigenvalue weighted by molar-refractivity contribution is -0.137. The fourth-order valence-electron chi connectivity index (χ4n) is 3.28. The third kappa shape index (κ3) is 5.45. The highest BCUT2D eigenvalue weighted by molar-refractivity contribution is 6.02. The third-order valence-electron chi connectivity index (χ3n) is 4.88. The van der Waals surface area contributed by atoms with Crippen molar-refractivity contribution in [1.29, 1.82) is 0 Å². The summed E-state index contributed by atoms with van der Waals surface area (Å²) >= 11 is 0. The Balaban J connectivity index is 1.65. The number of para-hydroxylation sites is 1. The molecule has 0 saturated carbocycles. The van der Waals surface area contributed by atoms with E-state index in [-0.39, 0.29) is 11.4 Å². The molecule has 0 aliphatic carbocycles. The summed E-state index contributed by atoms with van der Waals surface area (Å²) in [7, 11) is 0. The van der Waals surface area contributed by atoms with Crippen LogP contribution in [0.5, 0.6) is 0 Å². The number of anilines is 1. The first-order valence-electron chi connectivity index (χ1n) is 10.3. The number of carbonyl (C=O) groups is 1. The van der Waals surface area contributed by atoms with E-state index >= 15 is 0 Å². The van der Waals surface area contributed by atoms with E-state index in [0.717, 1.165) is 16.8 Å². The average Bonchev–Trinajstić information content (AvgIpc) is 2.83. The maximum Gasteiger partial charge on any atom is 0.418 e. The lowest BCUT2D eigenvalue weighted by Crippen LogP contribution is -2.27. The van der Waals surface area contributed by atoms with E-state index in [9.17, 15) is 22.8 Å². The summed E-state index contributed by atoms with van der Waals surface area (Å²) in [5.41, 5.74) is -0.846. The summed E-state index contributed by atoms with van der Waals surface area (Å²) in [5, 5.41) is 6.53. The maximum atomic E-state index is 13.5. The molecule has 0 atom stereocenters. The van der Waals surface area contributed by atoms with Gasteiger partial charge in [0.1, 0.15) is 5.69 Å². The molecule has 0 aliphatic heterocycles. The molecule has 0 fully saturated rings. The number of hydrogen-bond acceptors (Lipinski definition) is 4. The van der Waals surface area contributed by atoms with Gasteiger partial charge in [-0.1, -0.05) is 30.2 Å². The van der Waals surface area contributed by atoms with Gasteiger partial charge in [0.2, 0.25) is 5.43 Å². The largest absolute Gasteiger partial charge is 0.418 e. The molecular weight excluding hydrogens is 457 g/mol. The Hall–Kier alpha value is -4.71. The Morgan fingerprint density at radius 1 is 0.971 bits per heavy atom. The van der Waals surface area contributed by atoms with Crippen molar-refractivity contribution in [3.8, 4) is 17.5 Å². The first kappa shape index (κ1) is 23.4. The zero-order valence-electron chi connectivity index (χ0n) is 18.3. The van der Waals surface area contributed by atoms with Crippen molar-refractivity contribution < 1.29 is 18.0 Å². The predicted molar refractivity (Wildman–Crippen MR) is 124 cm³/mol. The normalized spacial score (nSPS) is 10.9. The van der Waals surface area contributed by atoms with Gasteiger partial charge in [0.25, 0.3) is 5.91 Å². The van der Waals surface area contributed by atoms with Crippen LogP contribution in [0.15, 0.2) is 83.8 Å². The van der Waals surface area contributed by atoms with Crippen LogP contribution in [0.1, 0.15) is 33.0 Å². The van der Waals surface area contributed by atoms with Crippen molar-refractivity contribution in [3.05, 3.63) is 117 Å². The zero-order valence-corrected chi connectivity index (χ0v) is 18.3. The summed E-state index contributed by atoms with van der Waals surface area (Å²) < 4.78 is 41.4. The molecule has 0 radical (unpaired) electrons. The molecule has 2 heterocycles. The number of carbonyl (C=O) groups excluding carboxylic acids is 1. The average molecular weight is 474 g/mol. The van der Waals surface area contributed by atoms with Gasteiger partial charge >= 0.3 is 6.18 Å². The minimum atomic E-state index is -4.65. The Morgan fingerprint density at radius 2 is 1.74 bits per heavy atom. The monoisotopic (exact) mass is 474 g/mol. The molecule has 0 aliphatic rings. The van der Waals surface area contributed by atoms with E-state index in [0.29, 0.717) is 16.9 Å². The summed E-state index contributed by atoms with van der Waals surface area (Å²) in [5.74, 6) is 4.97. The number of alkyl halides is 3. The van der Waals surface area contributed by atoms with Gasteiger partial charge in [-0.15, -0.1) is 0 Å². The molecule has 174 valence electrons. The molecule has 2 aromatic carbocycles. The SMILES string of the molecule is Cc1cc(=O)c(C(=O)Nc2cccc(C#Cc3ccccn3)c2)nn1-c1ccccc1C(F)(F)F. The lowest BCUT2D eigenvalue weighted by atomic mass is 10.1. The summed E-state index contributed by atoms with van der Waals surface area (Å²) in [4.78, 5) is 29.4. The molecule has 2 aromatic heterocycles. The van der Waals surface area contributed by atoms with Crippen molar-refractivity contribution in [3.63, 3.8) is 0 Å². The number of rotatable bonds is 3. The van der Waals surface area contributed by atoms with Gasteiger partial charge in [0.15, 0.2) is 5.69 Å². The Labute approximate surface area is 198 Å². The molecule has 1 N–H and O–H groups in total. The molecule has 0 spiro atoms. The van der Waals surface area contributed by atoms with Crippen LogP contribution in [0.3, 0.4) is 0 Å². The van der Waals surface area contributed by atoms with Gasteiger partial charge in [-0.2, -0.15) is 18.3 Å². The van der Waals surface area contributed by atoms with E-state index in [1.807, 2.05) is 6.07 Å². The Kier molecular flexibility index (Phi) is 6.46. The van der Waals surface area contributed by atoms with Crippen LogP contribution in [0.2, 0.25) is 0 Å². The number of benzene rings is 2. The number of pyridine rings is 1. The fourth-order valence-corrected chi connectivity index (χ4v) is 3.28. The van der Waals surface area contributed by atoms with Crippen LogP contribution in [0.4, 0.5) is 18.9 Å². The highest BCUT2D eigenvalue weighted by Gasteiger charge is 2.34. The van der Waals surface area contributed by atoms with Gasteiger partial charge in [-0.05, 0) is 55.3 Å². The number of amides is 1. The van der Waals surface area contributed by atoms with Crippen LogP contribution < -0.4 is 10.7 Å². The molecule has 35 heavy (non-hydrogen) atoms. The van der Waals surface area contributed by atoms with Crippen molar-refractivity contribution >= 4 is 11.6 Å². The van der Waals surface area contributed by atoms with E-state index in [1.165, 1.54) is 25.1 Å². The smallest absolute Gasteiger partial charge is 0.320 e. The Bertz CT molecular complexity index is 1520. The molecule has 0 saturated heterocycles. The van der Waals surface area contributed by atoms with E-state index in [4.69, 9.17) is 0 Å². The number of halogens is 3. The summed E-state index contributed by atoms with van der Waals surface area (Å²) in [6.45, 7) is 1.44.